The highest BCUT2D eigenvalue weighted by atomic mass is 32.2. The molecule has 7 nitrogen and oxygen atoms in total. The van der Waals surface area contributed by atoms with E-state index in [-0.39, 0.29) is 17.9 Å². The minimum atomic E-state index is -0.899. The molecule has 3 amide bonds. The van der Waals surface area contributed by atoms with Gasteiger partial charge in [-0.1, -0.05) is 56.3 Å². The number of para-hydroxylation sites is 1. The van der Waals surface area contributed by atoms with E-state index in [9.17, 15) is 14.4 Å². The summed E-state index contributed by atoms with van der Waals surface area (Å²) in [5.74, 6) is 0.0528. The molecule has 2 rings (SSSR count). The van der Waals surface area contributed by atoms with Gasteiger partial charge < -0.3 is 20.3 Å². The van der Waals surface area contributed by atoms with E-state index in [1.165, 1.54) is 0 Å². The van der Waals surface area contributed by atoms with Crippen LogP contribution in [0.15, 0.2) is 42.5 Å². The summed E-state index contributed by atoms with van der Waals surface area (Å²) >= 11 is 1.59. The van der Waals surface area contributed by atoms with E-state index in [1.807, 2.05) is 76.4 Å². The lowest BCUT2D eigenvalue weighted by Gasteiger charge is -2.38. The smallest absolute Gasteiger partial charge is 0.408 e. The van der Waals surface area contributed by atoms with Crippen LogP contribution in [-0.4, -0.2) is 52.5 Å². The number of carbonyl (C=O) groups is 3. The first-order valence-electron chi connectivity index (χ1n) is 14.1. The highest BCUT2D eigenvalue weighted by Gasteiger charge is 2.38. The summed E-state index contributed by atoms with van der Waals surface area (Å²) in [5.41, 5.74) is 3.78. The van der Waals surface area contributed by atoms with Crippen molar-refractivity contribution in [1.82, 2.24) is 10.2 Å². The average Bonchev–Trinajstić information content (AvgIpc) is 2.90. The number of alkyl carbamates (subject to hydrolysis) is 1. The van der Waals surface area contributed by atoms with Gasteiger partial charge in [-0.25, -0.2) is 4.79 Å². The Balaban J connectivity index is 2.60. The second-order valence-electron chi connectivity index (χ2n) is 11.2. The standard InChI is InChI=1S/C32H47N3O4S/c1-10-23(5)35(30(37)26(19-20-40-9)33-31(38)39-32(6,7)8)28(25-17-15-24(11-2)16-18-25)29(36)34-27-21(3)13-12-14-22(27)4/h12-18,23,26,28H,10-11,19-20H2,1-9H3,(H,33,38)(H,34,36). The zero-order chi connectivity index (χ0) is 30.0. The average molecular weight is 570 g/mol. The molecule has 0 aromatic heterocycles. The van der Waals surface area contributed by atoms with Gasteiger partial charge in [0.05, 0.1) is 0 Å². The summed E-state index contributed by atoms with van der Waals surface area (Å²) in [7, 11) is 0. The Kier molecular flexibility index (Phi) is 12.6. The van der Waals surface area contributed by atoms with Crippen LogP contribution in [0.25, 0.3) is 0 Å². The Morgan fingerprint density at radius 3 is 2.10 bits per heavy atom. The predicted octanol–water partition coefficient (Wildman–Crippen LogP) is 6.82. The number of aryl methyl sites for hydroxylation is 3. The van der Waals surface area contributed by atoms with Crippen molar-refractivity contribution in [2.24, 2.45) is 0 Å². The number of hydrogen-bond acceptors (Lipinski definition) is 5. The topological polar surface area (TPSA) is 87.7 Å². The molecule has 220 valence electrons. The monoisotopic (exact) mass is 569 g/mol. The lowest BCUT2D eigenvalue weighted by atomic mass is 9.97. The van der Waals surface area contributed by atoms with Crippen LogP contribution in [0.2, 0.25) is 0 Å². The van der Waals surface area contributed by atoms with Crippen LogP contribution >= 0.6 is 11.8 Å². The van der Waals surface area contributed by atoms with Crippen LogP contribution in [0.4, 0.5) is 10.5 Å². The number of hydrogen-bond donors (Lipinski definition) is 2. The molecule has 0 aliphatic rings. The van der Waals surface area contributed by atoms with Crippen LogP contribution in [0, 0.1) is 13.8 Å². The summed E-state index contributed by atoms with van der Waals surface area (Å²) < 4.78 is 5.48. The van der Waals surface area contributed by atoms with Gasteiger partial charge in [-0.05, 0) is 95.1 Å². The first-order chi connectivity index (χ1) is 18.8. The van der Waals surface area contributed by atoms with Crippen molar-refractivity contribution >= 4 is 35.4 Å². The second kappa shape index (κ2) is 15.1. The van der Waals surface area contributed by atoms with Crippen LogP contribution in [0.1, 0.15) is 82.7 Å². The van der Waals surface area contributed by atoms with E-state index in [2.05, 4.69) is 17.6 Å². The molecule has 0 bridgehead atoms. The summed E-state index contributed by atoms with van der Waals surface area (Å²) in [4.78, 5) is 42.9. The maximum Gasteiger partial charge on any atom is 0.408 e. The number of nitrogens with zero attached hydrogens (tertiary/aromatic N) is 1. The second-order valence-corrected chi connectivity index (χ2v) is 12.2. The van der Waals surface area contributed by atoms with Crippen LogP contribution in [0.3, 0.4) is 0 Å². The van der Waals surface area contributed by atoms with Crippen LogP contribution in [-0.2, 0) is 20.7 Å². The Hall–Kier alpha value is -3.00. The third kappa shape index (κ3) is 9.29. The van der Waals surface area contributed by atoms with E-state index in [4.69, 9.17) is 4.74 Å². The molecule has 0 saturated heterocycles. The molecule has 40 heavy (non-hydrogen) atoms. The molecule has 0 radical (unpaired) electrons. The number of rotatable bonds is 12. The summed E-state index contributed by atoms with van der Waals surface area (Å²) in [6.45, 7) is 15.3. The molecular formula is C32H47N3O4S. The Morgan fingerprint density at radius 1 is 1.00 bits per heavy atom. The number of anilines is 1. The van der Waals surface area contributed by atoms with E-state index in [0.29, 0.717) is 18.6 Å². The lowest BCUT2D eigenvalue weighted by molar-refractivity contribution is -0.143. The van der Waals surface area contributed by atoms with Gasteiger partial charge in [-0.2, -0.15) is 11.8 Å². The van der Waals surface area contributed by atoms with Crippen molar-refractivity contribution in [2.75, 3.05) is 17.3 Å². The van der Waals surface area contributed by atoms with Gasteiger partial charge in [-0.15, -0.1) is 0 Å². The fourth-order valence-corrected chi connectivity index (χ4v) is 4.97. The summed E-state index contributed by atoms with van der Waals surface area (Å²) in [5, 5.41) is 5.93. The Morgan fingerprint density at radius 2 is 1.60 bits per heavy atom. The normalized spacial score (nSPS) is 13.6. The molecule has 0 aliphatic carbocycles. The number of ether oxygens (including phenoxy) is 1. The van der Waals surface area contributed by atoms with E-state index >= 15 is 0 Å². The number of benzene rings is 2. The van der Waals surface area contributed by atoms with E-state index in [1.54, 1.807) is 37.4 Å². The van der Waals surface area contributed by atoms with Gasteiger partial charge in [0.2, 0.25) is 5.91 Å². The molecule has 0 spiro atoms. The van der Waals surface area contributed by atoms with Gasteiger partial charge in [-0.3, -0.25) is 9.59 Å². The number of carbonyl (C=O) groups excluding carboxylic acids is 3. The first kappa shape index (κ1) is 33.2. The van der Waals surface area contributed by atoms with Crippen molar-refractivity contribution in [2.45, 2.75) is 98.4 Å². The maximum absolute atomic E-state index is 14.3. The van der Waals surface area contributed by atoms with E-state index < -0.39 is 23.8 Å². The van der Waals surface area contributed by atoms with Gasteiger partial charge in [0.25, 0.3) is 5.91 Å². The number of nitrogens with one attached hydrogen (secondary N) is 2. The highest BCUT2D eigenvalue weighted by molar-refractivity contribution is 7.98. The highest BCUT2D eigenvalue weighted by Crippen LogP contribution is 2.30. The molecule has 0 aliphatic heterocycles. The third-order valence-corrected chi connectivity index (χ3v) is 7.52. The first-order valence-corrected chi connectivity index (χ1v) is 15.5. The zero-order valence-electron chi connectivity index (χ0n) is 25.6. The molecule has 0 saturated carbocycles. The van der Waals surface area contributed by atoms with Gasteiger partial charge in [0, 0.05) is 11.7 Å². The quantitative estimate of drug-likeness (QED) is 0.293. The minimum Gasteiger partial charge on any atom is -0.444 e. The lowest BCUT2D eigenvalue weighted by Crippen LogP contribution is -2.55. The van der Waals surface area contributed by atoms with Crippen LogP contribution in [0.5, 0.6) is 0 Å². The Bertz CT molecular complexity index is 1120. The fourth-order valence-electron chi connectivity index (χ4n) is 4.50. The number of amides is 3. The van der Waals surface area contributed by atoms with Crippen molar-refractivity contribution in [3.8, 4) is 0 Å². The van der Waals surface area contributed by atoms with Crippen LogP contribution < -0.4 is 10.6 Å². The minimum absolute atomic E-state index is 0.274. The molecule has 2 aromatic rings. The number of thioether (sulfide) groups is 1. The third-order valence-electron chi connectivity index (χ3n) is 6.88. The molecule has 8 heteroatoms. The van der Waals surface area contributed by atoms with E-state index in [0.717, 1.165) is 34.4 Å². The summed E-state index contributed by atoms with van der Waals surface area (Å²) in [6.07, 6.45) is 3.21. The zero-order valence-corrected chi connectivity index (χ0v) is 26.4. The van der Waals surface area contributed by atoms with Gasteiger partial charge >= 0.3 is 6.09 Å². The van der Waals surface area contributed by atoms with Crippen molar-refractivity contribution in [1.29, 1.82) is 0 Å². The molecular weight excluding hydrogens is 522 g/mol. The maximum atomic E-state index is 14.3. The van der Waals surface area contributed by atoms with Gasteiger partial charge in [0.1, 0.15) is 17.7 Å². The SMILES string of the molecule is CCc1ccc(C(C(=O)Nc2c(C)cccc2C)N(C(=O)C(CCSC)NC(=O)OC(C)(C)C)C(C)CC)cc1. The molecule has 2 N–H and O–H groups in total. The molecule has 0 fully saturated rings. The summed E-state index contributed by atoms with van der Waals surface area (Å²) in [6, 6.07) is 11.7. The molecule has 3 atom stereocenters. The molecule has 2 aromatic carbocycles. The van der Waals surface area contributed by atoms with Crippen molar-refractivity contribution in [3.63, 3.8) is 0 Å². The van der Waals surface area contributed by atoms with Crippen molar-refractivity contribution in [3.05, 3.63) is 64.7 Å². The predicted molar refractivity (Wildman–Crippen MR) is 166 cm³/mol. The molecule has 0 heterocycles. The Labute approximate surface area is 244 Å². The molecule has 3 unspecified atom stereocenters. The van der Waals surface area contributed by atoms with Crippen molar-refractivity contribution < 1.29 is 19.1 Å². The fraction of sp³-hybridized carbons (Fsp3) is 0.531. The largest absolute Gasteiger partial charge is 0.444 e. The van der Waals surface area contributed by atoms with Gasteiger partial charge in [0.15, 0.2) is 0 Å².